The van der Waals surface area contributed by atoms with Crippen LogP contribution in [0.5, 0.6) is 0 Å². The standard InChI is InChI=1S/C28H32N6O/c1-20-9-7-12-22(19-20)27(35)32-15-8-16-33(18-17-32)28-29-24-14-6-5-13-23(24)26-31-30-25(34(26)28)21-10-3-2-4-11-21/h5-7,9,12-14,19,21H,2-4,8,10-11,15-18H2,1H3. The highest BCUT2D eigenvalue weighted by molar-refractivity contribution is 5.94. The van der Waals surface area contributed by atoms with E-state index in [9.17, 15) is 4.79 Å². The van der Waals surface area contributed by atoms with Crippen molar-refractivity contribution in [2.24, 2.45) is 0 Å². The Morgan fingerprint density at radius 2 is 1.74 bits per heavy atom. The molecule has 4 aromatic rings. The van der Waals surface area contributed by atoms with Gasteiger partial charge < -0.3 is 9.80 Å². The highest BCUT2D eigenvalue weighted by Gasteiger charge is 2.27. The second kappa shape index (κ2) is 9.29. The van der Waals surface area contributed by atoms with Crippen LogP contribution in [0.2, 0.25) is 0 Å². The van der Waals surface area contributed by atoms with Crippen LogP contribution in [0.4, 0.5) is 5.95 Å². The van der Waals surface area contributed by atoms with E-state index < -0.39 is 0 Å². The molecule has 35 heavy (non-hydrogen) atoms. The molecule has 0 bridgehead atoms. The number of aryl methyl sites for hydroxylation is 1. The maximum atomic E-state index is 13.2. The van der Waals surface area contributed by atoms with E-state index >= 15 is 0 Å². The van der Waals surface area contributed by atoms with Gasteiger partial charge in [0.05, 0.1) is 5.52 Å². The summed E-state index contributed by atoms with van der Waals surface area (Å²) in [5.41, 5.74) is 3.71. The molecule has 7 heteroatoms. The molecular weight excluding hydrogens is 436 g/mol. The van der Waals surface area contributed by atoms with Gasteiger partial charge in [0.2, 0.25) is 5.95 Å². The van der Waals surface area contributed by atoms with Crippen molar-refractivity contribution in [2.75, 3.05) is 31.1 Å². The number of anilines is 1. The van der Waals surface area contributed by atoms with E-state index in [-0.39, 0.29) is 5.91 Å². The highest BCUT2D eigenvalue weighted by Crippen LogP contribution is 2.34. The van der Waals surface area contributed by atoms with Gasteiger partial charge in [-0.25, -0.2) is 9.38 Å². The maximum absolute atomic E-state index is 13.2. The van der Waals surface area contributed by atoms with Crippen LogP contribution in [0.15, 0.2) is 48.5 Å². The molecule has 0 spiro atoms. The fourth-order valence-electron chi connectivity index (χ4n) is 5.70. The van der Waals surface area contributed by atoms with Gasteiger partial charge in [0.15, 0.2) is 5.65 Å². The van der Waals surface area contributed by atoms with E-state index in [1.54, 1.807) is 0 Å². The third-order valence-electron chi connectivity index (χ3n) is 7.55. The number of nitrogens with zero attached hydrogens (tertiary/aromatic N) is 6. The first kappa shape index (κ1) is 22.0. The number of benzene rings is 2. The Hall–Kier alpha value is -3.48. The largest absolute Gasteiger partial charge is 0.340 e. The summed E-state index contributed by atoms with van der Waals surface area (Å²) in [6.45, 7) is 5.03. The Kier molecular flexibility index (Phi) is 5.84. The topological polar surface area (TPSA) is 66.6 Å². The van der Waals surface area contributed by atoms with Gasteiger partial charge in [-0.3, -0.25) is 4.79 Å². The summed E-state index contributed by atoms with van der Waals surface area (Å²) < 4.78 is 2.22. The van der Waals surface area contributed by atoms with Crippen LogP contribution >= 0.6 is 0 Å². The van der Waals surface area contributed by atoms with Crippen molar-refractivity contribution in [1.82, 2.24) is 24.5 Å². The van der Waals surface area contributed by atoms with E-state index in [1.807, 2.05) is 48.2 Å². The molecule has 1 amide bonds. The number of rotatable bonds is 3. The van der Waals surface area contributed by atoms with Crippen molar-refractivity contribution in [3.8, 4) is 0 Å². The predicted octanol–water partition coefficient (Wildman–Crippen LogP) is 4.99. The van der Waals surface area contributed by atoms with Crippen LogP contribution in [0, 0.1) is 6.92 Å². The summed E-state index contributed by atoms with van der Waals surface area (Å²) in [6.07, 6.45) is 7.01. The Morgan fingerprint density at radius 3 is 2.60 bits per heavy atom. The molecule has 180 valence electrons. The molecule has 1 aliphatic heterocycles. The molecular formula is C28H32N6O. The normalized spacial score (nSPS) is 17.7. The first-order valence-corrected chi connectivity index (χ1v) is 12.9. The van der Waals surface area contributed by atoms with E-state index in [0.29, 0.717) is 12.5 Å². The van der Waals surface area contributed by atoms with Gasteiger partial charge in [0.1, 0.15) is 5.82 Å². The number of hydrogen-bond acceptors (Lipinski definition) is 5. The minimum atomic E-state index is 0.111. The van der Waals surface area contributed by atoms with E-state index in [0.717, 1.165) is 78.3 Å². The van der Waals surface area contributed by atoms with Gasteiger partial charge in [-0.15, -0.1) is 10.2 Å². The van der Waals surface area contributed by atoms with Crippen molar-refractivity contribution < 1.29 is 4.79 Å². The zero-order chi connectivity index (χ0) is 23.8. The van der Waals surface area contributed by atoms with Crippen molar-refractivity contribution in [2.45, 2.75) is 51.4 Å². The van der Waals surface area contributed by atoms with Gasteiger partial charge >= 0.3 is 0 Å². The number of amides is 1. The molecule has 1 saturated heterocycles. The zero-order valence-electron chi connectivity index (χ0n) is 20.4. The molecule has 1 aliphatic carbocycles. The lowest BCUT2D eigenvalue weighted by molar-refractivity contribution is 0.0767. The molecule has 0 N–H and O–H groups in total. The third-order valence-corrected chi connectivity index (χ3v) is 7.55. The molecule has 1 saturated carbocycles. The molecule has 3 heterocycles. The monoisotopic (exact) mass is 468 g/mol. The maximum Gasteiger partial charge on any atom is 0.253 e. The number of fused-ring (bicyclic) bond motifs is 3. The first-order chi connectivity index (χ1) is 17.2. The minimum absolute atomic E-state index is 0.111. The average Bonchev–Trinajstić information content (AvgIpc) is 3.20. The summed E-state index contributed by atoms with van der Waals surface area (Å²) in [5.74, 6) is 2.49. The zero-order valence-corrected chi connectivity index (χ0v) is 20.4. The quantitative estimate of drug-likeness (QED) is 0.424. The second-order valence-corrected chi connectivity index (χ2v) is 9.98. The van der Waals surface area contributed by atoms with Gasteiger partial charge in [-0.2, -0.15) is 0 Å². The number of aromatic nitrogens is 4. The molecule has 0 atom stereocenters. The average molecular weight is 469 g/mol. The summed E-state index contributed by atoms with van der Waals surface area (Å²) in [5, 5.41) is 10.4. The minimum Gasteiger partial charge on any atom is -0.340 e. The molecule has 6 rings (SSSR count). The first-order valence-electron chi connectivity index (χ1n) is 12.9. The van der Waals surface area contributed by atoms with Gasteiger partial charge in [0.25, 0.3) is 5.91 Å². The Bertz CT molecular complexity index is 1370. The van der Waals surface area contributed by atoms with E-state index in [2.05, 4.69) is 26.5 Å². The van der Waals surface area contributed by atoms with E-state index in [4.69, 9.17) is 10.1 Å². The van der Waals surface area contributed by atoms with Gasteiger partial charge in [-0.05, 0) is 50.5 Å². The van der Waals surface area contributed by atoms with Crippen molar-refractivity contribution in [3.05, 3.63) is 65.5 Å². The number of carbonyl (C=O) groups excluding carboxylic acids is 1. The fourth-order valence-corrected chi connectivity index (χ4v) is 5.70. The molecule has 0 radical (unpaired) electrons. The summed E-state index contributed by atoms with van der Waals surface area (Å²) in [6, 6.07) is 16.1. The molecule has 2 fully saturated rings. The van der Waals surface area contributed by atoms with Crippen LogP contribution in [0.25, 0.3) is 16.6 Å². The van der Waals surface area contributed by atoms with Crippen LogP contribution in [-0.2, 0) is 0 Å². The lowest BCUT2D eigenvalue weighted by Gasteiger charge is -2.26. The third kappa shape index (κ3) is 4.13. The predicted molar refractivity (Wildman–Crippen MR) is 138 cm³/mol. The van der Waals surface area contributed by atoms with Crippen molar-refractivity contribution >= 4 is 28.4 Å². The summed E-state index contributed by atoms with van der Waals surface area (Å²) >= 11 is 0. The number of carbonyl (C=O) groups is 1. The van der Waals surface area contributed by atoms with Crippen LogP contribution < -0.4 is 4.90 Å². The molecule has 7 nitrogen and oxygen atoms in total. The highest BCUT2D eigenvalue weighted by atomic mass is 16.2. The molecule has 2 aliphatic rings. The van der Waals surface area contributed by atoms with Gasteiger partial charge in [0, 0.05) is 43.0 Å². The van der Waals surface area contributed by atoms with E-state index in [1.165, 1.54) is 19.3 Å². The van der Waals surface area contributed by atoms with Crippen molar-refractivity contribution in [1.29, 1.82) is 0 Å². The Balaban J connectivity index is 1.36. The van der Waals surface area contributed by atoms with Crippen molar-refractivity contribution in [3.63, 3.8) is 0 Å². The molecule has 2 aromatic carbocycles. The second-order valence-electron chi connectivity index (χ2n) is 9.98. The lowest BCUT2D eigenvalue weighted by Crippen LogP contribution is -2.36. The number of hydrogen-bond donors (Lipinski definition) is 0. The molecule has 0 unspecified atom stereocenters. The van der Waals surface area contributed by atoms with Crippen LogP contribution in [0.3, 0.4) is 0 Å². The molecule has 2 aromatic heterocycles. The number of para-hydroxylation sites is 1. The summed E-state index contributed by atoms with van der Waals surface area (Å²) in [4.78, 5) is 22.7. The smallest absolute Gasteiger partial charge is 0.253 e. The SMILES string of the molecule is Cc1cccc(C(=O)N2CCCN(c3nc4ccccc4c4nnc(C5CCCCC5)n34)CC2)c1. The Morgan fingerprint density at radius 1 is 0.886 bits per heavy atom. The van der Waals surface area contributed by atoms with Crippen LogP contribution in [-0.4, -0.2) is 56.6 Å². The van der Waals surface area contributed by atoms with Gasteiger partial charge in [-0.1, -0.05) is 49.1 Å². The Labute approximate surface area is 205 Å². The van der Waals surface area contributed by atoms with Crippen LogP contribution in [0.1, 0.15) is 66.2 Å². The fraction of sp³-hybridized carbons (Fsp3) is 0.429. The lowest BCUT2D eigenvalue weighted by atomic mass is 9.89. The summed E-state index contributed by atoms with van der Waals surface area (Å²) in [7, 11) is 0.